The maximum atomic E-state index is 12.1. The van der Waals surface area contributed by atoms with Gasteiger partial charge in [-0.05, 0) is 42.9 Å². The second-order valence-electron chi connectivity index (χ2n) is 6.30. The van der Waals surface area contributed by atoms with Crippen LogP contribution in [0.3, 0.4) is 0 Å². The largest absolute Gasteiger partial charge is 0.296 e. The number of aryl methyl sites for hydroxylation is 2. The van der Waals surface area contributed by atoms with E-state index in [0.717, 1.165) is 12.0 Å². The van der Waals surface area contributed by atoms with Gasteiger partial charge in [0.2, 0.25) is 11.8 Å². The Morgan fingerprint density at radius 1 is 1.20 bits per heavy atom. The molecule has 0 radical (unpaired) electrons. The summed E-state index contributed by atoms with van der Waals surface area (Å²) in [5.74, 6) is 0.0807. The van der Waals surface area contributed by atoms with Crippen LogP contribution >= 0.6 is 0 Å². The predicted molar refractivity (Wildman–Crippen MR) is 79.4 cm³/mol. The lowest BCUT2D eigenvalue weighted by atomic mass is 9.76. The minimum atomic E-state index is -0.154. The molecule has 20 heavy (non-hydrogen) atoms. The minimum Gasteiger partial charge on any atom is -0.296 e. The van der Waals surface area contributed by atoms with Crippen LogP contribution < -0.4 is 5.32 Å². The van der Waals surface area contributed by atoms with E-state index < -0.39 is 0 Å². The Morgan fingerprint density at radius 3 is 2.50 bits per heavy atom. The molecule has 3 heteroatoms. The van der Waals surface area contributed by atoms with E-state index in [1.165, 1.54) is 11.1 Å². The van der Waals surface area contributed by atoms with Gasteiger partial charge in [-0.3, -0.25) is 14.9 Å². The van der Waals surface area contributed by atoms with E-state index in [0.29, 0.717) is 12.3 Å². The van der Waals surface area contributed by atoms with Crippen LogP contribution in [0.15, 0.2) is 18.2 Å². The third-order valence-electron chi connectivity index (χ3n) is 4.17. The highest BCUT2D eigenvalue weighted by Crippen LogP contribution is 2.35. The zero-order chi connectivity index (χ0) is 14.9. The third-order valence-corrected chi connectivity index (χ3v) is 4.17. The summed E-state index contributed by atoms with van der Waals surface area (Å²) < 4.78 is 0. The van der Waals surface area contributed by atoms with Crippen molar-refractivity contribution in [2.24, 2.45) is 11.8 Å². The van der Waals surface area contributed by atoms with Crippen molar-refractivity contribution < 1.29 is 9.59 Å². The van der Waals surface area contributed by atoms with Crippen molar-refractivity contribution in [1.82, 2.24) is 5.32 Å². The molecule has 0 spiro atoms. The first kappa shape index (κ1) is 14.8. The third kappa shape index (κ3) is 3.09. The van der Waals surface area contributed by atoms with Crippen molar-refractivity contribution in [1.29, 1.82) is 0 Å². The van der Waals surface area contributed by atoms with Gasteiger partial charge in [-0.1, -0.05) is 32.0 Å². The van der Waals surface area contributed by atoms with Crippen LogP contribution in [-0.2, 0) is 9.59 Å². The van der Waals surface area contributed by atoms with E-state index in [-0.39, 0.29) is 23.7 Å². The first-order valence-electron chi connectivity index (χ1n) is 7.29. The molecule has 2 unspecified atom stereocenters. The Labute approximate surface area is 120 Å². The lowest BCUT2D eigenvalue weighted by Crippen LogP contribution is -2.45. The zero-order valence-corrected chi connectivity index (χ0v) is 12.7. The Kier molecular flexibility index (Phi) is 4.26. The number of amides is 2. The first-order valence-corrected chi connectivity index (χ1v) is 7.29. The summed E-state index contributed by atoms with van der Waals surface area (Å²) in [6, 6.07) is 6.26. The van der Waals surface area contributed by atoms with Crippen LogP contribution in [0.2, 0.25) is 0 Å². The highest BCUT2D eigenvalue weighted by atomic mass is 16.2. The zero-order valence-electron chi connectivity index (χ0n) is 12.7. The van der Waals surface area contributed by atoms with Crippen LogP contribution in [0.1, 0.15) is 49.3 Å². The quantitative estimate of drug-likeness (QED) is 0.860. The lowest BCUT2D eigenvalue weighted by Gasteiger charge is -2.31. The highest BCUT2D eigenvalue weighted by Gasteiger charge is 2.36. The Hall–Kier alpha value is -1.64. The molecule has 1 saturated heterocycles. The van der Waals surface area contributed by atoms with E-state index in [1.54, 1.807) is 0 Å². The molecule has 1 heterocycles. The highest BCUT2D eigenvalue weighted by molar-refractivity contribution is 5.99. The summed E-state index contributed by atoms with van der Waals surface area (Å²) in [5.41, 5.74) is 3.56. The van der Waals surface area contributed by atoms with Crippen LogP contribution in [0, 0.1) is 25.7 Å². The number of nitrogens with one attached hydrogen (secondary N) is 1. The average Bonchev–Trinajstić information content (AvgIpc) is 2.35. The Morgan fingerprint density at radius 2 is 1.90 bits per heavy atom. The second-order valence-corrected chi connectivity index (χ2v) is 6.30. The fourth-order valence-corrected chi connectivity index (χ4v) is 2.93. The summed E-state index contributed by atoms with van der Waals surface area (Å²) >= 11 is 0. The van der Waals surface area contributed by atoms with Gasteiger partial charge in [0.25, 0.3) is 0 Å². The summed E-state index contributed by atoms with van der Waals surface area (Å²) in [7, 11) is 0. The molecular formula is C17H23NO2. The maximum Gasteiger partial charge on any atom is 0.230 e. The number of carbonyl (C=O) groups excluding carboxylic acids is 2. The molecule has 2 rings (SSSR count). The van der Waals surface area contributed by atoms with Gasteiger partial charge in [0.05, 0.1) is 0 Å². The number of hydrogen-bond donors (Lipinski definition) is 1. The molecule has 108 valence electrons. The molecule has 1 aliphatic rings. The fourth-order valence-electron chi connectivity index (χ4n) is 2.93. The molecule has 1 aromatic carbocycles. The summed E-state index contributed by atoms with van der Waals surface area (Å²) in [6.07, 6.45) is 1.22. The monoisotopic (exact) mass is 273 g/mol. The molecule has 0 bridgehead atoms. The standard InChI is InChI=1S/C17H23NO2/c1-10(2)7-15-14(9-16(19)18-17(15)20)13-6-5-11(3)12(4)8-13/h5-6,8,10,14-15H,7,9H2,1-4H3,(H,18,19,20). The number of carbonyl (C=O) groups is 2. The molecule has 1 N–H and O–H groups in total. The normalized spacial score (nSPS) is 23.1. The molecular weight excluding hydrogens is 250 g/mol. The van der Waals surface area contributed by atoms with Gasteiger partial charge in [-0.25, -0.2) is 0 Å². The summed E-state index contributed by atoms with van der Waals surface area (Å²) in [5, 5.41) is 2.48. The SMILES string of the molecule is Cc1ccc(C2CC(=O)NC(=O)C2CC(C)C)cc1C. The maximum absolute atomic E-state index is 12.1. The molecule has 0 aromatic heterocycles. The van der Waals surface area contributed by atoms with Gasteiger partial charge >= 0.3 is 0 Å². The van der Waals surface area contributed by atoms with Crippen molar-refractivity contribution in [3.05, 3.63) is 34.9 Å². The molecule has 2 atom stereocenters. The number of hydrogen-bond acceptors (Lipinski definition) is 2. The molecule has 2 amide bonds. The van der Waals surface area contributed by atoms with Crippen molar-refractivity contribution in [2.75, 3.05) is 0 Å². The Bertz CT molecular complexity index is 534. The molecule has 0 saturated carbocycles. The van der Waals surface area contributed by atoms with Gasteiger partial charge in [-0.15, -0.1) is 0 Å². The smallest absolute Gasteiger partial charge is 0.230 e. The van der Waals surface area contributed by atoms with Gasteiger partial charge in [0, 0.05) is 18.3 Å². The molecule has 1 aromatic rings. The number of piperidine rings is 1. The van der Waals surface area contributed by atoms with Gasteiger partial charge in [-0.2, -0.15) is 0 Å². The van der Waals surface area contributed by atoms with Crippen molar-refractivity contribution >= 4 is 11.8 Å². The van der Waals surface area contributed by atoms with Crippen molar-refractivity contribution in [2.45, 2.75) is 46.5 Å². The second kappa shape index (κ2) is 5.78. The molecule has 3 nitrogen and oxygen atoms in total. The van der Waals surface area contributed by atoms with Gasteiger partial charge < -0.3 is 0 Å². The van der Waals surface area contributed by atoms with Crippen LogP contribution in [-0.4, -0.2) is 11.8 Å². The number of benzene rings is 1. The summed E-state index contributed by atoms with van der Waals surface area (Å²) in [6.45, 7) is 8.37. The fraction of sp³-hybridized carbons (Fsp3) is 0.529. The topological polar surface area (TPSA) is 46.2 Å². The molecule has 1 aliphatic heterocycles. The van der Waals surface area contributed by atoms with Crippen LogP contribution in [0.4, 0.5) is 0 Å². The van der Waals surface area contributed by atoms with Crippen molar-refractivity contribution in [3.8, 4) is 0 Å². The van der Waals surface area contributed by atoms with Gasteiger partial charge in [0.15, 0.2) is 0 Å². The van der Waals surface area contributed by atoms with E-state index in [9.17, 15) is 9.59 Å². The number of imide groups is 1. The molecule has 0 aliphatic carbocycles. The Balaban J connectivity index is 2.34. The predicted octanol–water partition coefficient (Wildman–Crippen LogP) is 3.10. The van der Waals surface area contributed by atoms with Crippen LogP contribution in [0.25, 0.3) is 0 Å². The van der Waals surface area contributed by atoms with E-state index >= 15 is 0 Å². The van der Waals surface area contributed by atoms with E-state index in [1.807, 2.05) is 0 Å². The van der Waals surface area contributed by atoms with Crippen molar-refractivity contribution in [3.63, 3.8) is 0 Å². The van der Waals surface area contributed by atoms with E-state index in [2.05, 4.69) is 51.2 Å². The van der Waals surface area contributed by atoms with Crippen LogP contribution in [0.5, 0.6) is 0 Å². The molecule has 1 fully saturated rings. The number of rotatable bonds is 3. The van der Waals surface area contributed by atoms with Gasteiger partial charge in [0.1, 0.15) is 0 Å². The summed E-state index contributed by atoms with van der Waals surface area (Å²) in [4.78, 5) is 23.9. The first-order chi connectivity index (χ1) is 9.38. The average molecular weight is 273 g/mol. The lowest BCUT2D eigenvalue weighted by molar-refractivity contribution is -0.137. The minimum absolute atomic E-state index is 0.0120. The van der Waals surface area contributed by atoms with E-state index in [4.69, 9.17) is 0 Å².